The minimum absolute atomic E-state index is 0.182. The highest BCUT2D eigenvalue weighted by molar-refractivity contribution is 5.85. The lowest BCUT2D eigenvalue weighted by molar-refractivity contribution is -0.154. The lowest BCUT2D eigenvalue weighted by Crippen LogP contribution is -2.36. The fourth-order valence-electron chi connectivity index (χ4n) is 3.10. The maximum absolute atomic E-state index is 12.5. The fraction of sp³-hybridized carbons (Fsp3) is 0.368. The molecule has 2 atom stereocenters. The molecule has 6 heteroatoms. The second-order valence-electron chi connectivity index (χ2n) is 6.27. The zero-order valence-electron chi connectivity index (χ0n) is 14.3. The van der Waals surface area contributed by atoms with Crippen molar-refractivity contribution in [2.45, 2.75) is 31.6 Å². The molecule has 1 aliphatic rings. The molecule has 132 valence electrons. The van der Waals surface area contributed by atoms with Gasteiger partial charge in [0, 0.05) is 13.6 Å². The minimum atomic E-state index is -1.01. The zero-order chi connectivity index (χ0) is 18.0. The predicted octanol–water partition coefficient (Wildman–Crippen LogP) is 2.44. The van der Waals surface area contributed by atoms with Crippen molar-refractivity contribution < 1.29 is 24.2 Å². The molecule has 0 bridgehead atoms. The summed E-state index contributed by atoms with van der Waals surface area (Å²) in [5.41, 5.74) is 1.00. The number of carbonyl (C=O) groups is 2. The highest BCUT2D eigenvalue weighted by atomic mass is 16.5. The van der Waals surface area contributed by atoms with Gasteiger partial charge in [0.05, 0.1) is 7.11 Å². The molecule has 0 aliphatic carbocycles. The minimum Gasteiger partial charge on any atom is -0.497 e. The van der Waals surface area contributed by atoms with Crippen LogP contribution in [0.25, 0.3) is 10.8 Å². The Morgan fingerprint density at radius 3 is 2.52 bits per heavy atom. The van der Waals surface area contributed by atoms with Gasteiger partial charge in [0.15, 0.2) is 6.10 Å². The van der Waals surface area contributed by atoms with Crippen molar-refractivity contribution in [1.82, 2.24) is 4.90 Å². The lowest BCUT2D eigenvalue weighted by Gasteiger charge is -2.21. The van der Waals surface area contributed by atoms with Crippen LogP contribution < -0.4 is 4.74 Å². The maximum atomic E-state index is 12.5. The van der Waals surface area contributed by atoms with Gasteiger partial charge in [-0.1, -0.05) is 18.2 Å². The van der Waals surface area contributed by atoms with E-state index in [9.17, 15) is 9.59 Å². The van der Waals surface area contributed by atoms with Crippen LogP contribution in [0.15, 0.2) is 36.4 Å². The van der Waals surface area contributed by atoms with Gasteiger partial charge in [-0.3, -0.25) is 4.79 Å². The van der Waals surface area contributed by atoms with E-state index in [1.165, 1.54) is 0 Å². The third kappa shape index (κ3) is 3.74. The molecule has 1 saturated heterocycles. The van der Waals surface area contributed by atoms with Crippen molar-refractivity contribution in [3.8, 4) is 5.75 Å². The molecule has 2 aromatic carbocycles. The summed E-state index contributed by atoms with van der Waals surface area (Å²) >= 11 is 0. The zero-order valence-corrected chi connectivity index (χ0v) is 14.3. The molecular weight excluding hydrogens is 322 g/mol. The lowest BCUT2D eigenvalue weighted by atomic mass is 10.1. The average Bonchev–Trinajstić information content (AvgIpc) is 3.11. The van der Waals surface area contributed by atoms with Crippen LogP contribution in [0.3, 0.4) is 0 Å². The molecule has 0 unspecified atom stereocenters. The van der Waals surface area contributed by atoms with Gasteiger partial charge in [0.1, 0.15) is 11.9 Å². The van der Waals surface area contributed by atoms with Gasteiger partial charge in [-0.15, -0.1) is 0 Å². The van der Waals surface area contributed by atoms with Crippen molar-refractivity contribution in [3.05, 3.63) is 42.0 Å². The van der Waals surface area contributed by atoms with Crippen molar-refractivity contribution in [2.24, 2.45) is 0 Å². The average molecular weight is 343 g/mol. The van der Waals surface area contributed by atoms with E-state index in [-0.39, 0.29) is 5.91 Å². The normalized spacial score (nSPS) is 19.8. The van der Waals surface area contributed by atoms with E-state index < -0.39 is 18.2 Å². The Kier molecular flexibility index (Phi) is 4.90. The molecule has 0 saturated carbocycles. The Hall–Kier alpha value is -2.60. The molecule has 0 aromatic heterocycles. The van der Waals surface area contributed by atoms with Gasteiger partial charge in [0.2, 0.25) is 0 Å². The van der Waals surface area contributed by atoms with E-state index in [0.717, 1.165) is 22.1 Å². The number of fused-ring (bicyclic) bond motifs is 1. The molecule has 0 radical (unpaired) electrons. The van der Waals surface area contributed by atoms with E-state index in [2.05, 4.69) is 0 Å². The second-order valence-corrected chi connectivity index (χ2v) is 6.27. The Balaban J connectivity index is 1.68. The predicted molar refractivity (Wildman–Crippen MR) is 92.5 cm³/mol. The molecule has 25 heavy (non-hydrogen) atoms. The van der Waals surface area contributed by atoms with E-state index in [4.69, 9.17) is 14.6 Å². The van der Waals surface area contributed by atoms with Crippen LogP contribution in [0, 0.1) is 0 Å². The van der Waals surface area contributed by atoms with E-state index in [1.54, 1.807) is 19.1 Å². The number of amides is 1. The number of hydrogen-bond donors (Lipinski definition) is 1. The summed E-state index contributed by atoms with van der Waals surface area (Å²) < 4.78 is 10.6. The quantitative estimate of drug-likeness (QED) is 0.902. The SMILES string of the molecule is COc1ccc2cc(CN(C)C(=O)[C@@H]3CC[C@H](C(=O)O)O3)ccc2c1. The van der Waals surface area contributed by atoms with Gasteiger partial charge in [0.25, 0.3) is 5.91 Å². The number of hydrogen-bond acceptors (Lipinski definition) is 4. The van der Waals surface area contributed by atoms with Gasteiger partial charge in [-0.05, 0) is 47.4 Å². The topological polar surface area (TPSA) is 76.1 Å². The van der Waals surface area contributed by atoms with Crippen LogP contribution in [0.4, 0.5) is 0 Å². The molecule has 3 rings (SSSR count). The summed E-state index contributed by atoms with van der Waals surface area (Å²) in [5.74, 6) is -0.389. The molecule has 1 fully saturated rings. The van der Waals surface area contributed by atoms with Crippen LogP contribution in [-0.4, -0.2) is 48.2 Å². The number of carbonyl (C=O) groups excluding carboxylic acids is 1. The van der Waals surface area contributed by atoms with E-state index in [1.807, 2.05) is 36.4 Å². The van der Waals surface area contributed by atoms with Crippen LogP contribution in [0.2, 0.25) is 0 Å². The number of nitrogens with zero attached hydrogens (tertiary/aromatic N) is 1. The summed E-state index contributed by atoms with van der Waals surface area (Å²) in [6, 6.07) is 11.9. The Morgan fingerprint density at radius 2 is 1.84 bits per heavy atom. The molecule has 1 heterocycles. The van der Waals surface area contributed by atoms with Crippen LogP contribution in [0.5, 0.6) is 5.75 Å². The van der Waals surface area contributed by atoms with E-state index in [0.29, 0.717) is 19.4 Å². The number of carboxylic acid groups (broad SMARTS) is 1. The Bertz CT molecular complexity index is 804. The Morgan fingerprint density at radius 1 is 1.16 bits per heavy atom. The van der Waals surface area contributed by atoms with Crippen molar-refractivity contribution in [2.75, 3.05) is 14.2 Å². The Labute approximate surface area is 145 Å². The van der Waals surface area contributed by atoms with Crippen molar-refractivity contribution in [3.63, 3.8) is 0 Å². The molecular formula is C19H21NO5. The smallest absolute Gasteiger partial charge is 0.332 e. The number of carboxylic acids is 1. The number of methoxy groups -OCH3 is 1. The number of ether oxygens (including phenoxy) is 2. The molecule has 6 nitrogen and oxygen atoms in total. The first kappa shape index (κ1) is 17.2. The fourth-order valence-corrected chi connectivity index (χ4v) is 3.10. The van der Waals surface area contributed by atoms with Crippen LogP contribution in [0.1, 0.15) is 18.4 Å². The number of benzene rings is 2. The van der Waals surface area contributed by atoms with Crippen molar-refractivity contribution in [1.29, 1.82) is 0 Å². The highest BCUT2D eigenvalue weighted by Gasteiger charge is 2.35. The first-order valence-corrected chi connectivity index (χ1v) is 8.18. The number of rotatable bonds is 5. The summed E-state index contributed by atoms with van der Waals surface area (Å²) in [7, 11) is 3.34. The summed E-state index contributed by atoms with van der Waals surface area (Å²) in [5, 5.41) is 11.1. The molecule has 1 N–H and O–H groups in total. The summed E-state index contributed by atoms with van der Waals surface area (Å²) in [4.78, 5) is 25.0. The van der Waals surface area contributed by atoms with Crippen LogP contribution >= 0.6 is 0 Å². The maximum Gasteiger partial charge on any atom is 0.332 e. The first-order chi connectivity index (χ1) is 12.0. The molecule has 2 aromatic rings. The third-order valence-corrected chi connectivity index (χ3v) is 4.48. The van der Waals surface area contributed by atoms with E-state index >= 15 is 0 Å². The third-order valence-electron chi connectivity index (χ3n) is 4.48. The number of likely N-dealkylation sites (N-methyl/N-ethyl adjacent to an activating group) is 1. The number of aliphatic carboxylic acids is 1. The van der Waals surface area contributed by atoms with Crippen LogP contribution in [-0.2, 0) is 20.9 Å². The summed E-state index contributed by atoms with van der Waals surface area (Å²) in [6.45, 7) is 0.443. The van der Waals surface area contributed by atoms with Crippen molar-refractivity contribution >= 4 is 22.6 Å². The van der Waals surface area contributed by atoms with Gasteiger partial charge < -0.3 is 19.5 Å². The molecule has 1 amide bonds. The monoisotopic (exact) mass is 343 g/mol. The molecule has 1 aliphatic heterocycles. The first-order valence-electron chi connectivity index (χ1n) is 8.18. The van der Waals surface area contributed by atoms with Gasteiger partial charge >= 0.3 is 5.97 Å². The largest absolute Gasteiger partial charge is 0.497 e. The van der Waals surface area contributed by atoms with Gasteiger partial charge in [-0.25, -0.2) is 4.79 Å². The molecule has 0 spiro atoms. The van der Waals surface area contributed by atoms with Gasteiger partial charge in [-0.2, -0.15) is 0 Å². The highest BCUT2D eigenvalue weighted by Crippen LogP contribution is 2.24. The second kappa shape index (κ2) is 7.11. The summed E-state index contributed by atoms with van der Waals surface area (Å²) in [6.07, 6.45) is -0.733. The standard InChI is InChI=1S/C19H21NO5/c1-20(18(21)16-7-8-17(25-16)19(22)23)11-12-3-4-14-10-15(24-2)6-5-13(14)9-12/h3-6,9-10,16-17H,7-8,11H2,1-2H3,(H,22,23)/t16-,17+/m0/s1.